The molecule has 0 bridgehead atoms. The molecule has 1 fully saturated rings. The molecule has 0 unspecified atom stereocenters. The lowest BCUT2D eigenvalue weighted by Gasteiger charge is -2.31. The van der Waals surface area contributed by atoms with Crippen LogP contribution in [0, 0.1) is 0 Å². The van der Waals surface area contributed by atoms with Crippen LogP contribution < -0.4 is 4.90 Å². The number of likely N-dealkylation sites (N-methyl/N-ethyl adjacent to an activating group) is 1. The average molecular weight is 263 g/mol. The van der Waals surface area contributed by atoms with E-state index in [1.807, 2.05) is 11.9 Å². The van der Waals surface area contributed by atoms with E-state index in [0.29, 0.717) is 6.01 Å². The number of nitrogens with zero attached hydrogens (tertiary/aromatic N) is 3. The monoisotopic (exact) mass is 263 g/mol. The second kappa shape index (κ2) is 5.22. The molecule has 0 amide bonds. The van der Waals surface area contributed by atoms with Crippen LogP contribution in [-0.2, 0) is 0 Å². The summed E-state index contributed by atoms with van der Waals surface area (Å²) in [6.45, 7) is 3.29. The maximum absolute atomic E-state index is 12.7. The van der Waals surface area contributed by atoms with Crippen molar-refractivity contribution in [2.75, 3.05) is 44.4 Å². The van der Waals surface area contributed by atoms with Gasteiger partial charge in [-0.05, 0) is 13.3 Å². The van der Waals surface area contributed by atoms with Crippen LogP contribution in [0.4, 0.5) is 14.8 Å². The average Bonchev–Trinajstić information content (AvgIpc) is 2.74. The summed E-state index contributed by atoms with van der Waals surface area (Å²) in [5, 5.41) is 0.217. The molecular weight excluding hydrogens is 248 g/mol. The third-order valence-electron chi connectivity index (χ3n) is 2.78. The molecule has 4 nitrogen and oxygen atoms in total. The number of halogens is 2. The van der Waals surface area contributed by atoms with Crippen LogP contribution in [0.5, 0.6) is 0 Å². The van der Waals surface area contributed by atoms with Gasteiger partial charge in [0.25, 0.3) is 12.4 Å². The molecule has 0 aliphatic carbocycles. The molecule has 1 aromatic heterocycles. The minimum absolute atomic E-state index is 0.217. The molecule has 0 radical (unpaired) electrons. The van der Waals surface area contributed by atoms with Crippen LogP contribution in [0.15, 0.2) is 9.51 Å². The molecule has 0 aromatic carbocycles. The van der Waals surface area contributed by atoms with Gasteiger partial charge < -0.3 is 14.2 Å². The largest absolute Gasteiger partial charge is 0.416 e. The molecule has 96 valence electrons. The van der Waals surface area contributed by atoms with E-state index in [1.54, 1.807) is 6.26 Å². The van der Waals surface area contributed by atoms with Gasteiger partial charge >= 0.3 is 0 Å². The Morgan fingerprint density at radius 2 is 1.94 bits per heavy atom. The van der Waals surface area contributed by atoms with E-state index in [1.165, 1.54) is 0 Å². The Labute approximate surface area is 103 Å². The first-order valence-electron chi connectivity index (χ1n) is 5.38. The van der Waals surface area contributed by atoms with Crippen LogP contribution in [0.3, 0.4) is 0 Å². The predicted molar refractivity (Wildman–Crippen MR) is 63.0 cm³/mol. The zero-order valence-corrected chi connectivity index (χ0v) is 10.6. The van der Waals surface area contributed by atoms with E-state index < -0.39 is 6.43 Å². The molecule has 17 heavy (non-hydrogen) atoms. The van der Waals surface area contributed by atoms with Crippen LogP contribution in [-0.4, -0.2) is 49.4 Å². The zero-order chi connectivity index (χ0) is 12.4. The highest BCUT2D eigenvalue weighted by Crippen LogP contribution is 2.32. The lowest BCUT2D eigenvalue weighted by atomic mass is 10.3. The number of oxazole rings is 1. The van der Waals surface area contributed by atoms with Gasteiger partial charge in [0, 0.05) is 26.2 Å². The summed E-state index contributed by atoms with van der Waals surface area (Å²) in [7, 11) is 2.03. The van der Waals surface area contributed by atoms with Crippen LogP contribution in [0.25, 0.3) is 0 Å². The molecule has 1 saturated heterocycles. The van der Waals surface area contributed by atoms with Crippen molar-refractivity contribution in [3.8, 4) is 0 Å². The molecule has 1 aliphatic rings. The van der Waals surface area contributed by atoms with Gasteiger partial charge in [-0.1, -0.05) is 11.8 Å². The number of aromatic nitrogens is 1. The molecule has 0 N–H and O–H groups in total. The minimum atomic E-state index is -2.58. The van der Waals surface area contributed by atoms with Gasteiger partial charge in [-0.3, -0.25) is 0 Å². The Bertz CT molecular complexity index is 378. The number of piperazine rings is 1. The summed E-state index contributed by atoms with van der Waals surface area (Å²) >= 11 is 1.16. The maximum Gasteiger partial charge on any atom is 0.298 e. The van der Waals surface area contributed by atoms with Gasteiger partial charge in [0.1, 0.15) is 0 Å². The second-order valence-corrected chi connectivity index (χ2v) is 4.74. The van der Waals surface area contributed by atoms with E-state index in [9.17, 15) is 8.78 Å². The quantitative estimate of drug-likeness (QED) is 0.780. The molecular formula is C10H15F2N3OS. The predicted octanol–water partition coefficient (Wildman–Crippen LogP) is 2.09. The molecule has 0 saturated carbocycles. The van der Waals surface area contributed by atoms with Crippen molar-refractivity contribution in [3.63, 3.8) is 0 Å². The molecule has 0 atom stereocenters. The summed E-state index contributed by atoms with van der Waals surface area (Å²) < 4.78 is 30.8. The molecule has 2 heterocycles. The van der Waals surface area contributed by atoms with Crippen molar-refractivity contribution in [1.29, 1.82) is 0 Å². The zero-order valence-electron chi connectivity index (χ0n) is 9.82. The first kappa shape index (κ1) is 12.6. The smallest absolute Gasteiger partial charge is 0.298 e. The molecule has 1 aliphatic heterocycles. The van der Waals surface area contributed by atoms with Crippen molar-refractivity contribution in [2.45, 2.75) is 11.5 Å². The van der Waals surface area contributed by atoms with Gasteiger partial charge in [0.2, 0.25) is 0 Å². The van der Waals surface area contributed by atoms with Crippen molar-refractivity contribution in [2.24, 2.45) is 0 Å². The summed E-state index contributed by atoms with van der Waals surface area (Å²) in [6.07, 6.45) is -0.873. The summed E-state index contributed by atoms with van der Waals surface area (Å²) in [6, 6.07) is 0.317. The number of thioether (sulfide) groups is 1. The Morgan fingerprint density at radius 1 is 1.29 bits per heavy atom. The van der Waals surface area contributed by atoms with E-state index in [0.717, 1.165) is 37.9 Å². The Morgan fingerprint density at radius 3 is 2.41 bits per heavy atom. The van der Waals surface area contributed by atoms with Crippen molar-refractivity contribution < 1.29 is 13.2 Å². The normalized spacial score (nSPS) is 18.1. The fourth-order valence-electron chi connectivity index (χ4n) is 1.72. The van der Waals surface area contributed by atoms with Gasteiger partial charge in [-0.2, -0.15) is 4.98 Å². The SMILES string of the molecule is CSc1oc(N2CCN(C)CC2)nc1C(F)F. The van der Waals surface area contributed by atoms with E-state index in [2.05, 4.69) is 9.88 Å². The minimum Gasteiger partial charge on any atom is -0.416 e. The van der Waals surface area contributed by atoms with Gasteiger partial charge in [0.05, 0.1) is 0 Å². The Hall–Kier alpha value is -0.820. The first-order chi connectivity index (χ1) is 8.11. The van der Waals surface area contributed by atoms with Gasteiger partial charge in [-0.15, -0.1) is 0 Å². The molecule has 0 spiro atoms. The Kier molecular flexibility index (Phi) is 3.88. The lowest BCUT2D eigenvalue weighted by Crippen LogP contribution is -2.44. The van der Waals surface area contributed by atoms with Crippen LogP contribution in [0.1, 0.15) is 12.1 Å². The highest BCUT2D eigenvalue weighted by molar-refractivity contribution is 7.98. The fraction of sp³-hybridized carbons (Fsp3) is 0.700. The number of anilines is 1. The van der Waals surface area contributed by atoms with E-state index >= 15 is 0 Å². The lowest BCUT2D eigenvalue weighted by molar-refractivity contribution is 0.141. The molecule has 2 rings (SSSR count). The first-order valence-corrected chi connectivity index (χ1v) is 6.60. The highest BCUT2D eigenvalue weighted by atomic mass is 32.2. The van der Waals surface area contributed by atoms with E-state index in [4.69, 9.17) is 4.42 Å². The number of hydrogen-bond acceptors (Lipinski definition) is 5. The molecule has 1 aromatic rings. The third kappa shape index (κ3) is 2.71. The fourth-order valence-corrected chi connectivity index (χ4v) is 2.23. The number of hydrogen-bond donors (Lipinski definition) is 0. The summed E-state index contributed by atoms with van der Waals surface area (Å²) in [4.78, 5) is 7.99. The Balaban J connectivity index is 2.16. The third-order valence-corrected chi connectivity index (χ3v) is 3.44. The van der Waals surface area contributed by atoms with Gasteiger partial charge in [0.15, 0.2) is 10.8 Å². The highest BCUT2D eigenvalue weighted by Gasteiger charge is 2.25. The standard InChI is InChI=1S/C10H15F2N3OS/c1-14-3-5-15(6-4-14)10-13-7(8(11)12)9(16-10)17-2/h8H,3-6H2,1-2H3. The van der Waals surface area contributed by atoms with Crippen molar-refractivity contribution >= 4 is 17.8 Å². The van der Waals surface area contributed by atoms with E-state index in [-0.39, 0.29) is 10.8 Å². The van der Waals surface area contributed by atoms with Crippen LogP contribution >= 0.6 is 11.8 Å². The summed E-state index contributed by atoms with van der Waals surface area (Å²) in [5.41, 5.74) is -0.244. The maximum atomic E-state index is 12.7. The van der Waals surface area contributed by atoms with Gasteiger partial charge in [-0.25, -0.2) is 8.78 Å². The van der Waals surface area contributed by atoms with Crippen molar-refractivity contribution in [3.05, 3.63) is 5.69 Å². The molecule has 7 heteroatoms. The summed E-state index contributed by atoms with van der Waals surface area (Å²) in [5.74, 6) is 0. The number of alkyl halides is 2. The van der Waals surface area contributed by atoms with Crippen molar-refractivity contribution in [1.82, 2.24) is 9.88 Å². The second-order valence-electron chi connectivity index (χ2n) is 3.96. The van der Waals surface area contributed by atoms with Crippen LogP contribution in [0.2, 0.25) is 0 Å². The number of rotatable bonds is 3. The topological polar surface area (TPSA) is 32.5 Å².